The van der Waals surface area contributed by atoms with Crippen molar-refractivity contribution in [3.8, 4) is 5.75 Å². The Kier molecular flexibility index (Phi) is 7.39. The number of methoxy groups -OCH3 is 1. The summed E-state index contributed by atoms with van der Waals surface area (Å²) in [5.41, 5.74) is 1.28. The topological polar surface area (TPSA) is 119 Å². The van der Waals surface area contributed by atoms with E-state index in [1.165, 1.54) is 31.4 Å². The summed E-state index contributed by atoms with van der Waals surface area (Å²) in [7, 11) is -6.01. The quantitative estimate of drug-likeness (QED) is 0.475. The van der Waals surface area contributed by atoms with E-state index in [4.69, 9.17) is 4.74 Å². The summed E-state index contributed by atoms with van der Waals surface area (Å²) in [5.74, 6) is -0.304. The Labute approximate surface area is 193 Å². The lowest BCUT2D eigenvalue weighted by Crippen LogP contribution is -2.19. The van der Waals surface area contributed by atoms with Gasteiger partial charge < -0.3 is 10.1 Å². The molecule has 2 N–H and O–H groups in total. The van der Waals surface area contributed by atoms with Crippen LogP contribution in [0.2, 0.25) is 0 Å². The molecule has 0 aliphatic carbocycles. The largest absolute Gasteiger partial charge is 0.497 e. The molecule has 0 atom stereocenters. The molecule has 3 aromatic rings. The molecule has 1 amide bonds. The third-order valence-corrected chi connectivity index (χ3v) is 7.95. The minimum atomic E-state index is -3.92. The van der Waals surface area contributed by atoms with Gasteiger partial charge in [-0.05, 0) is 61.0 Å². The number of aryl methyl sites for hydroxylation is 1. The standard InChI is InChI=1S/C23H24N2O6S2/c1-17-8-13-21(33(29,30)25-18-9-11-19(31-2)12-10-18)16-22(17)24-23(26)14-15-32(27,28)20-6-4-3-5-7-20/h3-13,16,25H,14-15H2,1-2H3,(H,24,26). The number of carbonyl (C=O) groups is 1. The Balaban J connectivity index is 1.70. The maximum atomic E-state index is 12.8. The molecular weight excluding hydrogens is 464 g/mol. The van der Waals surface area contributed by atoms with Crippen molar-refractivity contribution in [1.82, 2.24) is 0 Å². The van der Waals surface area contributed by atoms with Crippen LogP contribution < -0.4 is 14.8 Å². The molecule has 0 unspecified atom stereocenters. The minimum absolute atomic E-state index is 0.0453. The first-order chi connectivity index (χ1) is 15.6. The molecule has 0 saturated heterocycles. The first kappa shape index (κ1) is 24.3. The molecule has 0 heterocycles. The van der Waals surface area contributed by atoms with E-state index >= 15 is 0 Å². The molecule has 0 spiro atoms. The molecule has 33 heavy (non-hydrogen) atoms. The first-order valence-electron chi connectivity index (χ1n) is 9.96. The fourth-order valence-corrected chi connectivity index (χ4v) is 5.31. The zero-order valence-corrected chi connectivity index (χ0v) is 19.7. The van der Waals surface area contributed by atoms with E-state index < -0.39 is 25.8 Å². The van der Waals surface area contributed by atoms with Crippen LogP contribution in [0, 0.1) is 6.92 Å². The molecule has 0 aromatic heterocycles. The molecule has 0 aliphatic heterocycles. The van der Waals surface area contributed by atoms with Gasteiger partial charge in [-0.25, -0.2) is 16.8 Å². The third kappa shape index (κ3) is 6.33. The second-order valence-corrected chi connectivity index (χ2v) is 11.0. The summed E-state index contributed by atoms with van der Waals surface area (Å²) in [4.78, 5) is 12.5. The van der Waals surface area contributed by atoms with Gasteiger partial charge in [0.25, 0.3) is 10.0 Å². The molecule has 0 bridgehead atoms. The molecule has 3 aromatic carbocycles. The maximum Gasteiger partial charge on any atom is 0.261 e. The molecule has 0 saturated carbocycles. The van der Waals surface area contributed by atoms with Crippen molar-refractivity contribution in [2.24, 2.45) is 0 Å². The SMILES string of the molecule is COc1ccc(NS(=O)(=O)c2ccc(C)c(NC(=O)CCS(=O)(=O)c3ccccc3)c2)cc1. The number of amides is 1. The van der Waals surface area contributed by atoms with Gasteiger partial charge in [-0.2, -0.15) is 0 Å². The molecule has 3 rings (SSSR count). The number of ether oxygens (including phenoxy) is 1. The van der Waals surface area contributed by atoms with Gasteiger partial charge in [0.15, 0.2) is 9.84 Å². The fourth-order valence-electron chi connectivity index (χ4n) is 2.96. The average Bonchev–Trinajstić information content (AvgIpc) is 2.80. The van der Waals surface area contributed by atoms with E-state index in [2.05, 4.69) is 10.0 Å². The van der Waals surface area contributed by atoms with E-state index in [-0.39, 0.29) is 27.7 Å². The Hall–Kier alpha value is -3.37. The first-order valence-corrected chi connectivity index (χ1v) is 13.1. The van der Waals surface area contributed by atoms with Crippen LogP contribution in [0.3, 0.4) is 0 Å². The van der Waals surface area contributed by atoms with Crippen molar-refractivity contribution >= 4 is 37.1 Å². The van der Waals surface area contributed by atoms with Crippen LogP contribution >= 0.6 is 0 Å². The van der Waals surface area contributed by atoms with Crippen LogP contribution in [0.5, 0.6) is 5.75 Å². The van der Waals surface area contributed by atoms with Crippen LogP contribution in [0.1, 0.15) is 12.0 Å². The van der Waals surface area contributed by atoms with Crippen LogP contribution in [0.25, 0.3) is 0 Å². The van der Waals surface area contributed by atoms with E-state index in [0.29, 0.717) is 17.0 Å². The van der Waals surface area contributed by atoms with Crippen molar-refractivity contribution < 1.29 is 26.4 Å². The van der Waals surface area contributed by atoms with E-state index in [0.717, 1.165) is 0 Å². The number of anilines is 2. The van der Waals surface area contributed by atoms with Gasteiger partial charge in [-0.1, -0.05) is 24.3 Å². The maximum absolute atomic E-state index is 12.8. The van der Waals surface area contributed by atoms with E-state index in [1.807, 2.05) is 0 Å². The Morgan fingerprint density at radius 1 is 0.879 bits per heavy atom. The molecule has 10 heteroatoms. The number of carbonyl (C=O) groups excluding carboxylic acids is 1. The summed E-state index contributed by atoms with van der Waals surface area (Å²) >= 11 is 0. The van der Waals surface area contributed by atoms with Gasteiger partial charge in [0.05, 0.1) is 22.7 Å². The number of hydrogen-bond acceptors (Lipinski definition) is 6. The van der Waals surface area contributed by atoms with Crippen LogP contribution in [0.4, 0.5) is 11.4 Å². The molecule has 0 aliphatic rings. The predicted molar refractivity (Wildman–Crippen MR) is 127 cm³/mol. The number of sulfonamides is 1. The number of nitrogens with one attached hydrogen (secondary N) is 2. The number of benzene rings is 3. The van der Waals surface area contributed by atoms with Crippen molar-refractivity contribution in [3.63, 3.8) is 0 Å². The molecule has 8 nitrogen and oxygen atoms in total. The normalized spacial score (nSPS) is 11.6. The summed E-state index contributed by atoms with van der Waals surface area (Å²) in [6.07, 6.45) is -0.266. The minimum Gasteiger partial charge on any atom is -0.497 e. The summed E-state index contributed by atoms with van der Waals surface area (Å²) in [6, 6.07) is 18.6. The zero-order valence-electron chi connectivity index (χ0n) is 18.1. The zero-order chi connectivity index (χ0) is 24.1. The van der Waals surface area contributed by atoms with E-state index in [9.17, 15) is 21.6 Å². The Bertz CT molecular complexity index is 1340. The monoisotopic (exact) mass is 488 g/mol. The van der Waals surface area contributed by atoms with Crippen LogP contribution in [0.15, 0.2) is 82.6 Å². The second-order valence-electron chi connectivity index (χ2n) is 7.24. The summed E-state index contributed by atoms with van der Waals surface area (Å²) in [6.45, 7) is 1.71. The number of hydrogen-bond donors (Lipinski definition) is 2. The highest BCUT2D eigenvalue weighted by Crippen LogP contribution is 2.24. The lowest BCUT2D eigenvalue weighted by molar-refractivity contribution is -0.115. The number of rotatable bonds is 9. The molecule has 174 valence electrons. The van der Waals surface area contributed by atoms with Gasteiger partial charge in [0.1, 0.15) is 5.75 Å². The summed E-state index contributed by atoms with van der Waals surface area (Å²) in [5, 5.41) is 2.61. The lowest BCUT2D eigenvalue weighted by atomic mass is 10.2. The van der Waals surface area contributed by atoms with Gasteiger partial charge in [-0.3, -0.25) is 9.52 Å². The second kappa shape index (κ2) is 10.1. The van der Waals surface area contributed by atoms with Gasteiger partial charge in [0.2, 0.25) is 5.91 Å². The van der Waals surface area contributed by atoms with Crippen molar-refractivity contribution in [2.45, 2.75) is 23.1 Å². The highest BCUT2D eigenvalue weighted by Gasteiger charge is 2.19. The number of sulfone groups is 1. The Morgan fingerprint density at radius 3 is 2.18 bits per heavy atom. The Morgan fingerprint density at radius 2 is 1.55 bits per heavy atom. The highest BCUT2D eigenvalue weighted by atomic mass is 32.2. The lowest BCUT2D eigenvalue weighted by Gasteiger charge is -2.13. The van der Waals surface area contributed by atoms with Gasteiger partial charge >= 0.3 is 0 Å². The molecular formula is C23H24N2O6S2. The van der Waals surface area contributed by atoms with Gasteiger partial charge in [-0.15, -0.1) is 0 Å². The van der Waals surface area contributed by atoms with Crippen molar-refractivity contribution in [1.29, 1.82) is 0 Å². The fraction of sp³-hybridized carbons (Fsp3) is 0.174. The smallest absolute Gasteiger partial charge is 0.261 e. The predicted octanol–water partition coefficient (Wildman–Crippen LogP) is 3.61. The third-order valence-electron chi connectivity index (χ3n) is 4.84. The highest BCUT2D eigenvalue weighted by molar-refractivity contribution is 7.92. The van der Waals surface area contributed by atoms with Crippen LogP contribution in [-0.4, -0.2) is 35.6 Å². The van der Waals surface area contributed by atoms with Gasteiger partial charge in [0, 0.05) is 17.8 Å². The molecule has 0 radical (unpaired) electrons. The van der Waals surface area contributed by atoms with Crippen molar-refractivity contribution in [3.05, 3.63) is 78.4 Å². The van der Waals surface area contributed by atoms with Crippen LogP contribution in [-0.2, 0) is 24.7 Å². The van der Waals surface area contributed by atoms with Crippen molar-refractivity contribution in [2.75, 3.05) is 22.9 Å². The molecule has 0 fully saturated rings. The summed E-state index contributed by atoms with van der Waals surface area (Å²) < 4.78 is 57.9. The average molecular weight is 489 g/mol. The van der Waals surface area contributed by atoms with E-state index in [1.54, 1.807) is 55.5 Å².